The highest BCUT2D eigenvalue weighted by Crippen LogP contribution is 2.25. The van der Waals surface area contributed by atoms with Crippen LogP contribution in [0.1, 0.15) is 34.5 Å². The fourth-order valence-corrected chi connectivity index (χ4v) is 3.39. The first kappa shape index (κ1) is 18.0. The van der Waals surface area contributed by atoms with Crippen LogP contribution in [0.25, 0.3) is 11.0 Å². The molecule has 3 aromatic rings. The maximum absolute atomic E-state index is 13.6. The monoisotopic (exact) mass is 354 g/mol. The van der Waals surface area contributed by atoms with Crippen molar-refractivity contribution >= 4 is 16.9 Å². The lowest BCUT2D eigenvalue weighted by Crippen LogP contribution is -2.23. The molecule has 1 N–H and O–H groups in total. The molecule has 6 heteroatoms. The first-order chi connectivity index (χ1) is 12.4. The Labute approximate surface area is 152 Å². The number of aryl methyl sites for hydroxylation is 4. The Morgan fingerprint density at radius 3 is 2.65 bits per heavy atom. The molecular formula is C20H23FN4O. The minimum atomic E-state index is -0.304. The Bertz CT molecular complexity index is 978. The Morgan fingerprint density at radius 1 is 1.19 bits per heavy atom. The highest BCUT2D eigenvalue weighted by Gasteiger charge is 2.16. The van der Waals surface area contributed by atoms with Crippen LogP contribution in [0.2, 0.25) is 0 Å². The van der Waals surface area contributed by atoms with Gasteiger partial charge >= 0.3 is 0 Å². The van der Waals surface area contributed by atoms with Crippen molar-refractivity contribution in [3.05, 3.63) is 58.2 Å². The number of benzene rings is 1. The summed E-state index contributed by atoms with van der Waals surface area (Å²) in [6.07, 6.45) is 0.931. The molecule has 0 radical (unpaired) electrons. The number of hydrogen-bond donors (Lipinski definition) is 1. The van der Waals surface area contributed by atoms with E-state index in [1.54, 1.807) is 22.9 Å². The van der Waals surface area contributed by atoms with Gasteiger partial charge in [-0.2, -0.15) is 5.10 Å². The van der Waals surface area contributed by atoms with E-state index in [2.05, 4.69) is 22.3 Å². The lowest BCUT2D eigenvalue weighted by Gasteiger charge is -2.11. The molecule has 0 aliphatic heterocycles. The summed E-state index contributed by atoms with van der Waals surface area (Å²) in [5, 5.41) is 8.28. The fourth-order valence-electron chi connectivity index (χ4n) is 3.39. The molecular weight excluding hydrogens is 331 g/mol. The maximum atomic E-state index is 13.6. The minimum Gasteiger partial charge on any atom is -0.352 e. The Kier molecular flexibility index (Phi) is 5.02. The molecule has 1 aromatic carbocycles. The molecule has 5 nitrogen and oxygen atoms in total. The quantitative estimate of drug-likeness (QED) is 0.765. The van der Waals surface area contributed by atoms with Gasteiger partial charge < -0.3 is 5.32 Å². The van der Waals surface area contributed by atoms with Crippen molar-refractivity contribution in [2.75, 3.05) is 0 Å². The van der Waals surface area contributed by atoms with Crippen LogP contribution in [0.4, 0.5) is 4.39 Å². The van der Waals surface area contributed by atoms with Crippen molar-refractivity contribution in [1.29, 1.82) is 0 Å². The summed E-state index contributed by atoms with van der Waals surface area (Å²) in [5.74, 6) is -0.406. The normalized spacial score (nSPS) is 11.1. The van der Waals surface area contributed by atoms with Crippen LogP contribution in [-0.2, 0) is 24.8 Å². The van der Waals surface area contributed by atoms with Gasteiger partial charge in [0.2, 0.25) is 5.91 Å². The zero-order chi connectivity index (χ0) is 18.8. The largest absolute Gasteiger partial charge is 0.352 e. The second kappa shape index (κ2) is 7.23. The van der Waals surface area contributed by atoms with Crippen molar-refractivity contribution in [2.45, 2.75) is 40.2 Å². The summed E-state index contributed by atoms with van der Waals surface area (Å²) in [5.41, 5.74) is 5.42. The SMILES string of the molecule is Cc1nc2c(c(C)nn2C)c(C)c1CCC(=O)NCc1ccccc1F. The van der Waals surface area contributed by atoms with E-state index in [1.165, 1.54) is 6.07 Å². The van der Waals surface area contributed by atoms with Crippen molar-refractivity contribution in [2.24, 2.45) is 7.05 Å². The first-order valence-corrected chi connectivity index (χ1v) is 8.68. The Morgan fingerprint density at radius 2 is 1.92 bits per heavy atom. The van der Waals surface area contributed by atoms with Gasteiger partial charge in [0.15, 0.2) is 5.65 Å². The maximum Gasteiger partial charge on any atom is 0.220 e. The molecule has 0 aliphatic rings. The van der Waals surface area contributed by atoms with Crippen LogP contribution in [0.5, 0.6) is 0 Å². The van der Waals surface area contributed by atoms with Gasteiger partial charge in [-0.05, 0) is 44.4 Å². The number of carbonyl (C=O) groups is 1. The van der Waals surface area contributed by atoms with Crippen molar-refractivity contribution < 1.29 is 9.18 Å². The van der Waals surface area contributed by atoms with Gasteiger partial charge in [0.25, 0.3) is 0 Å². The molecule has 2 aromatic heterocycles. The van der Waals surface area contributed by atoms with Crippen molar-refractivity contribution in [3.63, 3.8) is 0 Å². The number of nitrogens with zero attached hydrogens (tertiary/aromatic N) is 3. The molecule has 0 unspecified atom stereocenters. The number of aromatic nitrogens is 3. The number of pyridine rings is 1. The van der Waals surface area contributed by atoms with E-state index in [9.17, 15) is 9.18 Å². The molecule has 1 amide bonds. The van der Waals surface area contributed by atoms with Crippen molar-refractivity contribution in [3.8, 4) is 0 Å². The molecule has 0 aliphatic carbocycles. The summed E-state index contributed by atoms with van der Waals surface area (Å²) < 4.78 is 15.4. The third-order valence-corrected chi connectivity index (χ3v) is 4.77. The third kappa shape index (κ3) is 3.45. The summed E-state index contributed by atoms with van der Waals surface area (Å²) in [7, 11) is 1.89. The summed E-state index contributed by atoms with van der Waals surface area (Å²) >= 11 is 0. The van der Waals surface area contributed by atoms with Gasteiger partial charge in [0.1, 0.15) is 5.82 Å². The molecule has 26 heavy (non-hydrogen) atoms. The van der Waals surface area contributed by atoms with E-state index in [1.807, 2.05) is 20.9 Å². The standard InChI is InChI=1S/C20H23FN4O/c1-12-16(13(2)23-20-19(12)14(3)24-25(20)4)9-10-18(26)22-11-15-7-5-6-8-17(15)21/h5-8H,9-11H2,1-4H3,(H,22,26). The number of rotatable bonds is 5. The predicted molar refractivity (Wildman–Crippen MR) is 99.3 cm³/mol. The Hall–Kier alpha value is -2.76. The average Bonchev–Trinajstić information content (AvgIpc) is 2.87. The zero-order valence-corrected chi connectivity index (χ0v) is 15.6. The smallest absolute Gasteiger partial charge is 0.220 e. The second-order valence-electron chi connectivity index (χ2n) is 6.58. The van der Waals surface area contributed by atoms with Crippen LogP contribution >= 0.6 is 0 Å². The molecule has 2 heterocycles. The van der Waals surface area contributed by atoms with Crippen LogP contribution in [0, 0.1) is 26.6 Å². The van der Waals surface area contributed by atoms with Gasteiger partial charge in [0.05, 0.1) is 5.69 Å². The van der Waals surface area contributed by atoms with Crippen molar-refractivity contribution in [1.82, 2.24) is 20.1 Å². The molecule has 0 bridgehead atoms. The molecule has 0 spiro atoms. The number of fused-ring (bicyclic) bond motifs is 1. The summed E-state index contributed by atoms with van der Waals surface area (Å²) in [6, 6.07) is 6.46. The number of amides is 1. The predicted octanol–water partition coefficient (Wildman–Crippen LogP) is 3.28. The topological polar surface area (TPSA) is 59.8 Å². The van der Waals surface area contributed by atoms with E-state index in [4.69, 9.17) is 0 Å². The van der Waals surface area contributed by atoms with Gasteiger partial charge in [-0.25, -0.2) is 9.37 Å². The summed E-state index contributed by atoms with van der Waals surface area (Å²) in [4.78, 5) is 16.8. The average molecular weight is 354 g/mol. The molecule has 136 valence electrons. The first-order valence-electron chi connectivity index (χ1n) is 8.68. The lowest BCUT2D eigenvalue weighted by molar-refractivity contribution is -0.121. The molecule has 0 saturated heterocycles. The third-order valence-electron chi connectivity index (χ3n) is 4.77. The molecule has 3 rings (SSSR count). The highest BCUT2D eigenvalue weighted by atomic mass is 19.1. The fraction of sp³-hybridized carbons (Fsp3) is 0.350. The minimum absolute atomic E-state index is 0.102. The van der Waals surface area contributed by atoms with Gasteiger partial charge in [0, 0.05) is 36.7 Å². The Balaban J connectivity index is 1.70. The highest BCUT2D eigenvalue weighted by molar-refractivity contribution is 5.84. The summed E-state index contributed by atoms with van der Waals surface area (Å²) in [6.45, 7) is 6.18. The molecule has 0 atom stereocenters. The van der Waals surface area contributed by atoms with Gasteiger partial charge in [-0.15, -0.1) is 0 Å². The van der Waals surface area contributed by atoms with Crippen LogP contribution in [0.15, 0.2) is 24.3 Å². The lowest BCUT2D eigenvalue weighted by atomic mass is 9.99. The van der Waals surface area contributed by atoms with Gasteiger partial charge in [-0.1, -0.05) is 18.2 Å². The van der Waals surface area contributed by atoms with E-state index >= 15 is 0 Å². The van der Waals surface area contributed by atoms with Crippen LogP contribution in [-0.4, -0.2) is 20.7 Å². The number of nitrogens with one attached hydrogen (secondary N) is 1. The second-order valence-corrected chi connectivity index (χ2v) is 6.58. The molecule has 0 saturated carbocycles. The number of hydrogen-bond acceptors (Lipinski definition) is 3. The van der Waals surface area contributed by atoms with E-state index in [0.717, 1.165) is 33.5 Å². The van der Waals surface area contributed by atoms with Crippen LogP contribution in [0.3, 0.4) is 0 Å². The van der Waals surface area contributed by atoms with E-state index in [0.29, 0.717) is 18.4 Å². The van der Waals surface area contributed by atoms with Gasteiger partial charge in [-0.3, -0.25) is 9.48 Å². The van der Waals surface area contributed by atoms with E-state index in [-0.39, 0.29) is 18.3 Å². The van der Waals surface area contributed by atoms with Crippen LogP contribution < -0.4 is 5.32 Å². The van der Waals surface area contributed by atoms with E-state index < -0.39 is 0 Å². The number of halogens is 1. The zero-order valence-electron chi connectivity index (χ0n) is 15.6. The number of carbonyl (C=O) groups excluding carboxylic acids is 1. The molecule has 0 fully saturated rings.